The van der Waals surface area contributed by atoms with Crippen molar-refractivity contribution in [1.29, 1.82) is 0 Å². The summed E-state index contributed by atoms with van der Waals surface area (Å²) in [6.45, 7) is 4.06. The van der Waals surface area contributed by atoms with Crippen LogP contribution in [0, 0.1) is 19.9 Å². The second kappa shape index (κ2) is 6.75. The molecule has 1 aromatic rings. The number of aryl methyl sites for hydroxylation is 1. The van der Waals surface area contributed by atoms with Crippen LogP contribution in [0.3, 0.4) is 0 Å². The maximum absolute atomic E-state index is 5.11. The molecule has 0 aliphatic carbocycles. The molecular weight excluding hydrogens is 228 g/mol. The Labute approximate surface area is 100 Å². The Morgan fingerprint density at radius 2 is 1.92 bits per heavy atom. The van der Waals surface area contributed by atoms with Crippen molar-refractivity contribution in [1.82, 2.24) is 0 Å². The van der Waals surface area contributed by atoms with E-state index < -0.39 is 0 Å². The van der Waals surface area contributed by atoms with Gasteiger partial charge in [-0.05, 0) is 0 Å². The number of benzene rings is 1. The van der Waals surface area contributed by atoms with Gasteiger partial charge >= 0.3 is 23.1 Å². The van der Waals surface area contributed by atoms with Crippen LogP contribution in [-0.2, 0) is 0 Å². The van der Waals surface area contributed by atoms with E-state index in [1.54, 1.807) is 7.11 Å². The first-order valence-corrected chi connectivity index (χ1v) is 3.27. The Kier molecular flexibility index (Phi) is 8.31. The molecule has 1 aromatic carbocycles. The van der Waals surface area contributed by atoms with Crippen LogP contribution in [0.2, 0.25) is 0 Å². The van der Waals surface area contributed by atoms with Gasteiger partial charge in [-0.2, -0.15) is 17.7 Å². The van der Waals surface area contributed by atoms with Crippen LogP contribution in [0.25, 0.3) is 0 Å². The van der Waals surface area contributed by atoms with Crippen molar-refractivity contribution in [3.05, 3.63) is 29.3 Å². The Balaban J connectivity index is 0. The maximum Gasteiger partial charge on any atom is 2.00 e. The number of methoxy groups -OCH3 is 1. The average Bonchev–Trinajstić information content (AvgIpc) is 1.95. The first-order valence-electron chi connectivity index (χ1n) is 3.27. The number of halogens is 1. The van der Waals surface area contributed by atoms with Gasteiger partial charge in [-0.3, -0.25) is 0 Å². The number of hydrogen-bond donors (Lipinski definition) is 0. The molecule has 0 bridgehead atoms. The van der Waals surface area contributed by atoms with Gasteiger partial charge in [0.2, 0.25) is 0 Å². The van der Waals surface area contributed by atoms with Gasteiger partial charge in [0.05, 0.1) is 7.11 Å². The van der Waals surface area contributed by atoms with Crippen molar-refractivity contribution < 1.29 is 21.7 Å². The first-order chi connectivity index (χ1) is 4.75. The summed E-state index contributed by atoms with van der Waals surface area (Å²) in [6, 6.07) is 6.89. The van der Waals surface area contributed by atoms with Gasteiger partial charge in [-0.25, -0.2) is 0 Å². The van der Waals surface area contributed by atoms with E-state index in [4.69, 9.17) is 4.74 Å². The van der Waals surface area contributed by atoms with Crippen LogP contribution in [-0.4, -0.2) is 30.2 Å². The third-order valence-corrected chi connectivity index (χ3v) is 1.69. The zero-order valence-corrected chi connectivity index (χ0v) is 10.6. The second-order valence-electron chi connectivity index (χ2n) is 2.30. The summed E-state index contributed by atoms with van der Waals surface area (Å²) in [5.74, 6) is 0.941. The van der Waals surface area contributed by atoms with Gasteiger partial charge in [0.25, 0.3) is 0 Å². The van der Waals surface area contributed by atoms with E-state index in [1.165, 1.54) is 5.56 Å². The van der Waals surface area contributed by atoms with Crippen molar-refractivity contribution in [3.63, 3.8) is 0 Å². The number of hydrogen-bond acceptors (Lipinski definition) is 1. The topological polar surface area (TPSA) is 9.23 Å². The SMILES string of the molecule is COc1cc[c-]c(C)c1C.[Br-].[Mg+2]. The summed E-state index contributed by atoms with van der Waals surface area (Å²) < 4.78 is 5.11. The fraction of sp³-hybridized carbons (Fsp3) is 0.333. The molecule has 0 heterocycles. The summed E-state index contributed by atoms with van der Waals surface area (Å²) in [7, 11) is 1.68. The van der Waals surface area contributed by atoms with Gasteiger partial charge in [-0.15, -0.1) is 11.6 Å². The standard InChI is InChI=1S/C9H11O.BrH.Mg/c1-7-5-4-6-9(10-3)8(7)2;;/h4,6H,1-3H3;1H;/q-1;;+2/p-1. The second-order valence-corrected chi connectivity index (χ2v) is 2.30. The van der Waals surface area contributed by atoms with E-state index in [1.807, 2.05) is 26.0 Å². The van der Waals surface area contributed by atoms with E-state index in [-0.39, 0.29) is 40.0 Å². The molecule has 0 saturated carbocycles. The van der Waals surface area contributed by atoms with Gasteiger partial charge in [0.15, 0.2) is 0 Å². The Morgan fingerprint density at radius 1 is 1.33 bits per heavy atom. The predicted molar refractivity (Wildman–Crippen MR) is 47.1 cm³/mol. The molecule has 1 nitrogen and oxygen atoms in total. The predicted octanol–water partition coefficient (Wildman–Crippen LogP) is -1.26. The maximum atomic E-state index is 5.11. The molecule has 12 heavy (non-hydrogen) atoms. The third-order valence-electron chi connectivity index (χ3n) is 1.69. The minimum atomic E-state index is 0. The zero-order valence-electron chi connectivity index (χ0n) is 7.65. The largest absolute Gasteiger partial charge is 2.00 e. The third kappa shape index (κ3) is 3.33. The molecule has 0 amide bonds. The summed E-state index contributed by atoms with van der Waals surface area (Å²) in [4.78, 5) is 0. The Hall–Kier alpha value is 0.266. The summed E-state index contributed by atoms with van der Waals surface area (Å²) in [5, 5.41) is 0. The smallest absolute Gasteiger partial charge is 1.00 e. The molecule has 1 rings (SSSR count). The normalized spacial score (nSPS) is 7.92. The van der Waals surface area contributed by atoms with Gasteiger partial charge in [-0.1, -0.05) is 13.8 Å². The van der Waals surface area contributed by atoms with E-state index in [0.29, 0.717) is 0 Å². The molecule has 0 aliphatic heterocycles. The molecule has 0 N–H and O–H groups in total. The first kappa shape index (κ1) is 14.8. The molecule has 0 aromatic heterocycles. The number of ether oxygens (including phenoxy) is 1. The Bertz CT molecular complexity index is 238. The van der Waals surface area contributed by atoms with Crippen molar-refractivity contribution in [2.24, 2.45) is 0 Å². The molecule has 62 valence electrons. The van der Waals surface area contributed by atoms with Crippen molar-refractivity contribution >= 4 is 23.1 Å². The molecule has 0 aliphatic rings. The molecule has 0 unspecified atom stereocenters. The van der Waals surface area contributed by atoms with E-state index in [2.05, 4.69) is 6.07 Å². The van der Waals surface area contributed by atoms with Crippen LogP contribution in [0.5, 0.6) is 5.75 Å². The van der Waals surface area contributed by atoms with Crippen molar-refractivity contribution in [3.8, 4) is 5.75 Å². The van der Waals surface area contributed by atoms with E-state index in [9.17, 15) is 0 Å². The summed E-state index contributed by atoms with van der Waals surface area (Å²) in [5.41, 5.74) is 2.32. The van der Waals surface area contributed by atoms with Crippen LogP contribution < -0.4 is 21.7 Å². The fourth-order valence-electron chi connectivity index (χ4n) is 0.882. The monoisotopic (exact) mass is 238 g/mol. The van der Waals surface area contributed by atoms with Crippen LogP contribution in [0.4, 0.5) is 0 Å². The van der Waals surface area contributed by atoms with Crippen molar-refractivity contribution in [2.75, 3.05) is 7.11 Å². The van der Waals surface area contributed by atoms with Crippen LogP contribution >= 0.6 is 0 Å². The molecule has 0 atom stereocenters. The minimum absolute atomic E-state index is 0. The van der Waals surface area contributed by atoms with Gasteiger partial charge in [0.1, 0.15) is 0 Å². The molecule has 0 saturated heterocycles. The summed E-state index contributed by atoms with van der Waals surface area (Å²) >= 11 is 0. The van der Waals surface area contributed by atoms with Crippen molar-refractivity contribution in [2.45, 2.75) is 13.8 Å². The summed E-state index contributed by atoms with van der Waals surface area (Å²) in [6.07, 6.45) is 0. The molecule has 3 heteroatoms. The molecule has 0 radical (unpaired) electrons. The van der Waals surface area contributed by atoms with Crippen LogP contribution in [0.15, 0.2) is 12.1 Å². The van der Waals surface area contributed by atoms with E-state index >= 15 is 0 Å². The zero-order chi connectivity index (χ0) is 7.56. The quantitative estimate of drug-likeness (QED) is 0.439. The average molecular weight is 239 g/mol. The van der Waals surface area contributed by atoms with Crippen LogP contribution in [0.1, 0.15) is 11.1 Å². The molecule has 0 fully saturated rings. The molecule has 0 spiro atoms. The minimum Gasteiger partial charge on any atom is -1.00 e. The van der Waals surface area contributed by atoms with E-state index in [0.717, 1.165) is 11.3 Å². The van der Waals surface area contributed by atoms with Gasteiger partial charge in [0, 0.05) is 5.75 Å². The van der Waals surface area contributed by atoms with Gasteiger partial charge < -0.3 is 21.7 Å². The molecular formula is C9H11BrMgO. The fourth-order valence-corrected chi connectivity index (χ4v) is 0.882. The Morgan fingerprint density at radius 3 is 2.33 bits per heavy atom. The number of rotatable bonds is 1.